The Balaban J connectivity index is 1.71. The highest BCUT2D eigenvalue weighted by atomic mass is 16.1. The minimum atomic E-state index is -0.173. The molecule has 0 aliphatic heterocycles. The number of aromatic amines is 1. The van der Waals surface area contributed by atoms with Gasteiger partial charge in [-0.3, -0.25) is 9.78 Å². The van der Waals surface area contributed by atoms with Gasteiger partial charge in [0, 0.05) is 41.4 Å². The van der Waals surface area contributed by atoms with Crippen molar-refractivity contribution in [3.8, 4) is 22.3 Å². The Bertz CT molecular complexity index is 1200. The van der Waals surface area contributed by atoms with Gasteiger partial charge in [-0.05, 0) is 61.2 Å². The number of rotatable bonds is 8. The minimum Gasteiger partial charge on any atom is -0.350 e. The van der Waals surface area contributed by atoms with E-state index in [2.05, 4.69) is 64.7 Å². The summed E-state index contributed by atoms with van der Waals surface area (Å²) in [6.45, 7) is 3.07. The molecular formula is C26H29N5O. The molecule has 0 bridgehead atoms. The van der Waals surface area contributed by atoms with Crippen LogP contribution in [0.4, 0.5) is 0 Å². The summed E-state index contributed by atoms with van der Waals surface area (Å²) in [4.78, 5) is 20.6. The number of aromatic nitrogens is 2. The predicted octanol–water partition coefficient (Wildman–Crippen LogP) is 4.00. The van der Waals surface area contributed by atoms with Gasteiger partial charge in [0.2, 0.25) is 0 Å². The van der Waals surface area contributed by atoms with Crippen molar-refractivity contribution in [2.75, 3.05) is 13.1 Å². The van der Waals surface area contributed by atoms with Crippen molar-refractivity contribution in [1.82, 2.24) is 15.3 Å². The number of hydrogen-bond donors (Lipinski definition) is 4. The third-order valence-electron chi connectivity index (χ3n) is 5.68. The van der Waals surface area contributed by atoms with E-state index < -0.39 is 0 Å². The fourth-order valence-electron chi connectivity index (χ4n) is 3.91. The normalized spacial score (nSPS) is 12.1. The fraction of sp³-hybridized carbons (Fsp3) is 0.231. The maximum absolute atomic E-state index is 13.1. The number of nitrogens with one attached hydrogen (secondary N) is 2. The Morgan fingerprint density at radius 2 is 1.75 bits per heavy atom. The molecule has 0 unspecified atom stereocenters. The van der Waals surface area contributed by atoms with E-state index in [0.717, 1.165) is 46.0 Å². The van der Waals surface area contributed by atoms with Crippen LogP contribution in [0.1, 0.15) is 28.9 Å². The maximum Gasteiger partial charge on any atom is 0.268 e. The minimum absolute atomic E-state index is 0.121. The molecular weight excluding hydrogens is 398 g/mol. The molecule has 0 aliphatic carbocycles. The molecule has 0 radical (unpaired) electrons. The highest BCUT2D eigenvalue weighted by molar-refractivity contribution is 6.10. The molecule has 1 atom stereocenters. The van der Waals surface area contributed by atoms with E-state index >= 15 is 0 Å². The third kappa shape index (κ3) is 4.72. The molecule has 0 aliphatic rings. The van der Waals surface area contributed by atoms with E-state index in [1.165, 1.54) is 5.56 Å². The summed E-state index contributed by atoms with van der Waals surface area (Å²) in [6, 6.07) is 18.4. The quantitative estimate of drug-likeness (QED) is 0.341. The monoisotopic (exact) mass is 427 g/mol. The zero-order chi connectivity index (χ0) is 22.5. The number of hydrogen-bond acceptors (Lipinski definition) is 4. The van der Waals surface area contributed by atoms with Crippen LogP contribution in [0.2, 0.25) is 0 Å². The number of H-pyrrole nitrogens is 1. The van der Waals surface area contributed by atoms with E-state index in [-0.39, 0.29) is 11.9 Å². The summed E-state index contributed by atoms with van der Waals surface area (Å²) in [5, 5.41) is 3.97. The number of amides is 1. The number of benzene rings is 2. The summed E-state index contributed by atoms with van der Waals surface area (Å²) in [7, 11) is 0. The van der Waals surface area contributed by atoms with E-state index in [1.54, 1.807) is 12.4 Å². The van der Waals surface area contributed by atoms with Crippen LogP contribution in [0.25, 0.3) is 33.2 Å². The molecule has 0 fully saturated rings. The molecule has 2 heterocycles. The summed E-state index contributed by atoms with van der Waals surface area (Å²) >= 11 is 0. The smallest absolute Gasteiger partial charge is 0.268 e. The first kappa shape index (κ1) is 21.7. The second-order valence-electron chi connectivity index (χ2n) is 8.14. The van der Waals surface area contributed by atoms with Gasteiger partial charge in [-0.25, -0.2) is 0 Å². The van der Waals surface area contributed by atoms with Crippen molar-refractivity contribution < 1.29 is 4.79 Å². The van der Waals surface area contributed by atoms with Crippen molar-refractivity contribution in [2.24, 2.45) is 11.5 Å². The second kappa shape index (κ2) is 9.77. The molecule has 2 aromatic heterocycles. The molecule has 0 spiro atoms. The van der Waals surface area contributed by atoms with E-state index in [0.29, 0.717) is 18.8 Å². The molecule has 0 saturated carbocycles. The van der Waals surface area contributed by atoms with Crippen LogP contribution in [-0.4, -0.2) is 35.0 Å². The molecule has 6 heteroatoms. The Kier molecular flexibility index (Phi) is 6.63. The molecule has 2 aromatic carbocycles. The van der Waals surface area contributed by atoms with Gasteiger partial charge < -0.3 is 21.8 Å². The Hall–Kier alpha value is -3.48. The number of carbonyl (C=O) groups excluding carboxylic acids is 1. The zero-order valence-electron chi connectivity index (χ0n) is 18.3. The number of aryl methyl sites for hydroxylation is 1. The van der Waals surface area contributed by atoms with Gasteiger partial charge in [0.25, 0.3) is 5.91 Å². The van der Waals surface area contributed by atoms with Crippen LogP contribution in [0.5, 0.6) is 0 Å². The van der Waals surface area contributed by atoms with E-state index in [9.17, 15) is 4.79 Å². The van der Waals surface area contributed by atoms with Gasteiger partial charge in [-0.1, -0.05) is 42.0 Å². The lowest BCUT2D eigenvalue weighted by Gasteiger charge is -2.12. The number of fused-ring (bicyclic) bond motifs is 1. The Labute approximate surface area is 188 Å². The van der Waals surface area contributed by atoms with Crippen molar-refractivity contribution in [3.05, 3.63) is 78.2 Å². The van der Waals surface area contributed by atoms with Crippen molar-refractivity contribution in [2.45, 2.75) is 25.8 Å². The number of carbonyl (C=O) groups is 1. The van der Waals surface area contributed by atoms with Crippen LogP contribution < -0.4 is 16.8 Å². The number of nitrogens with zero attached hydrogens (tertiary/aromatic N) is 1. The Morgan fingerprint density at radius 1 is 1.03 bits per heavy atom. The molecule has 0 saturated heterocycles. The maximum atomic E-state index is 13.1. The molecule has 6 N–H and O–H groups in total. The van der Waals surface area contributed by atoms with Gasteiger partial charge in [-0.15, -0.1) is 0 Å². The number of pyridine rings is 1. The summed E-state index contributed by atoms with van der Waals surface area (Å²) in [6.07, 6.45) is 5.09. The highest BCUT2D eigenvalue weighted by Crippen LogP contribution is 2.34. The lowest BCUT2D eigenvalue weighted by Crippen LogP contribution is -2.37. The largest absolute Gasteiger partial charge is 0.350 e. The average Bonchev–Trinajstić information content (AvgIpc) is 3.21. The topological polar surface area (TPSA) is 110 Å². The van der Waals surface area contributed by atoms with Crippen LogP contribution in [0, 0.1) is 6.92 Å². The second-order valence-corrected chi connectivity index (χ2v) is 8.14. The average molecular weight is 428 g/mol. The van der Waals surface area contributed by atoms with Crippen molar-refractivity contribution >= 4 is 16.8 Å². The molecule has 1 amide bonds. The lowest BCUT2D eigenvalue weighted by molar-refractivity contribution is 0.0947. The third-order valence-corrected chi connectivity index (χ3v) is 5.68. The van der Waals surface area contributed by atoms with E-state index in [4.69, 9.17) is 11.5 Å². The van der Waals surface area contributed by atoms with Crippen LogP contribution in [0.15, 0.2) is 67.0 Å². The highest BCUT2D eigenvalue weighted by Gasteiger charge is 2.20. The van der Waals surface area contributed by atoms with E-state index in [1.807, 2.05) is 12.1 Å². The lowest BCUT2D eigenvalue weighted by atomic mass is 9.99. The predicted molar refractivity (Wildman–Crippen MR) is 130 cm³/mol. The summed E-state index contributed by atoms with van der Waals surface area (Å²) < 4.78 is 0. The first-order valence-corrected chi connectivity index (χ1v) is 10.9. The van der Waals surface area contributed by atoms with Gasteiger partial charge in [0.1, 0.15) is 5.69 Å². The SMILES string of the molecule is Cc1ccc(-c2ccc3c(-c4ccncc4)c(C(=O)NC[C@@H](N)CCCN)[nH]c3c2)cc1. The van der Waals surface area contributed by atoms with Crippen molar-refractivity contribution in [1.29, 1.82) is 0 Å². The van der Waals surface area contributed by atoms with Crippen LogP contribution in [0.3, 0.4) is 0 Å². The summed E-state index contributed by atoms with van der Waals surface area (Å²) in [5.74, 6) is -0.173. The molecule has 4 rings (SSSR count). The first-order chi connectivity index (χ1) is 15.6. The standard InChI is InChI=1S/C26H29N5O/c1-17-4-6-18(7-5-17)20-8-9-22-23(15-20)31-25(24(22)19-10-13-29-14-11-19)26(32)30-16-21(28)3-2-12-27/h4-11,13-15,21,31H,2-3,12,16,27-28H2,1H3,(H,30,32)/t21-/m0/s1. The van der Waals surface area contributed by atoms with Crippen molar-refractivity contribution in [3.63, 3.8) is 0 Å². The van der Waals surface area contributed by atoms with Gasteiger partial charge in [0.05, 0.1) is 0 Å². The molecule has 4 aromatic rings. The molecule has 164 valence electrons. The van der Waals surface area contributed by atoms with Gasteiger partial charge in [-0.2, -0.15) is 0 Å². The van der Waals surface area contributed by atoms with Gasteiger partial charge in [0.15, 0.2) is 0 Å². The van der Waals surface area contributed by atoms with Crippen LogP contribution in [-0.2, 0) is 0 Å². The Morgan fingerprint density at radius 3 is 2.47 bits per heavy atom. The number of nitrogens with two attached hydrogens (primary N) is 2. The van der Waals surface area contributed by atoms with Gasteiger partial charge >= 0.3 is 0 Å². The molecule has 6 nitrogen and oxygen atoms in total. The first-order valence-electron chi connectivity index (χ1n) is 10.9. The molecule has 32 heavy (non-hydrogen) atoms. The zero-order valence-corrected chi connectivity index (χ0v) is 18.3. The van der Waals surface area contributed by atoms with Crippen LogP contribution >= 0.6 is 0 Å². The summed E-state index contributed by atoms with van der Waals surface area (Å²) in [5.41, 5.74) is 18.4. The fourth-order valence-corrected chi connectivity index (χ4v) is 3.91.